The molecule has 0 bridgehead atoms. The van der Waals surface area contributed by atoms with Gasteiger partial charge in [0.2, 0.25) is 0 Å². The minimum Gasteiger partial charge on any atom is -0.452 e. The van der Waals surface area contributed by atoms with Crippen LogP contribution in [-0.4, -0.2) is 23.9 Å². The summed E-state index contributed by atoms with van der Waals surface area (Å²) in [4.78, 5) is 25.8. The second-order valence-electron chi connectivity index (χ2n) is 5.79. The van der Waals surface area contributed by atoms with Crippen molar-refractivity contribution in [2.75, 3.05) is 7.11 Å². The molecular formula is C19H19NO3. The highest BCUT2D eigenvalue weighted by Gasteiger charge is 2.39. The third-order valence-electron chi connectivity index (χ3n) is 4.42. The van der Waals surface area contributed by atoms with Gasteiger partial charge in [-0.05, 0) is 29.6 Å². The molecule has 0 aromatic heterocycles. The number of ketones is 1. The van der Waals surface area contributed by atoms with Crippen LogP contribution in [0.5, 0.6) is 0 Å². The Morgan fingerprint density at radius 3 is 2.78 bits per heavy atom. The summed E-state index contributed by atoms with van der Waals surface area (Å²) >= 11 is 0. The highest BCUT2D eigenvalue weighted by atomic mass is 16.5. The number of benzene rings is 1. The summed E-state index contributed by atoms with van der Waals surface area (Å²) in [7, 11) is 1.35. The van der Waals surface area contributed by atoms with Crippen molar-refractivity contribution in [3.05, 3.63) is 72.0 Å². The van der Waals surface area contributed by atoms with Gasteiger partial charge >= 0.3 is 6.09 Å². The summed E-state index contributed by atoms with van der Waals surface area (Å²) in [6.45, 7) is 4.44. The van der Waals surface area contributed by atoms with Crippen LogP contribution in [0.1, 0.15) is 12.0 Å². The van der Waals surface area contributed by atoms with Gasteiger partial charge in [0, 0.05) is 5.70 Å². The van der Waals surface area contributed by atoms with Crippen molar-refractivity contribution in [2.24, 2.45) is 11.8 Å². The van der Waals surface area contributed by atoms with Gasteiger partial charge < -0.3 is 4.74 Å². The van der Waals surface area contributed by atoms with Crippen LogP contribution in [0.2, 0.25) is 0 Å². The highest BCUT2D eigenvalue weighted by molar-refractivity contribution is 5.98. The third-order valence-corrected chi connectivity index (χ3v) is 4.42. The summed E-state index contributed by atoms with van der Waals surface area (Å²) in [6, 6.07) is 9.65. The molecule has 4 heteroatoms. The Morgan fingerprint density at radius 1 is 1.35 bits per heavy atom. The average Bonchev–Trinajstić information content (AvgIpc) is 3.15. The van der Waals surface area contributed by atoms with Gasteiger partial charge in [-0.1, -0.05) is 49.1 Å². The zero-order valence-corrected chi connectivity index (χ0v) is 13.1. The molecule has 23 heavy (non-hydrogen) atoms. The Morgan fingerprint density at radius 2 is 2.09 bits per heavy atom. The number of allylic oxidation sites excluding steroid dienone is 4. The Hall–Kier alpha value is -2.62. The maximum atomic E-state index is 12.2. The predicted molar refractivity (Wildman–Crippen MR) is 87.4 cm³/mol. The van der Waals surface area contributed by atoms with Crippen LogP contribution < -0.4 is 0 Å². The zero-order valence-electron chi connectivity index (χ0n) is 13.1. The summed E-state index contributed by atoms with van der Waals surface area (Å²) in [5.74, 6) is 0.0836. The van der Waals surface area contributed by atoms with Crippen LogP contribution in [0, 0.1) is 11.8 Å². The van der Waals surface area contributed by atoms with E-state index >= 15 is 0 Å². The second kappa shape index (κ2) is 6.24. The molecule has 1 aromatic rings. The van der Waals surface area contributed by atoms with Crippen molar-refractivity contribution >= 4 is 11.9 Å². The lowest BCUT2D eigenvalue weighted by Gasteiger charge is -2.26. The van der Waals surface area contributed by atoms with Crippen LogP contribution in [0.25, 0.3) is 0 Å². The molecule has 0 N–H and O–H groups in total. The number of methoxy groups -OCH3 is 1. The minimum absolute atomic E-state index is 0.0874. The molecule has 4 nitrogen and oxygen atoms in total. The fraction of sp³-hybridized carbons (Fsp3) is 0.263. The van der Waals surface area contributed by atoms with Gasteiger partial charge in [-0.15, -0.1) is 0 Å². The molecule has 0 spiro atoms. The Kier molecular flexibility index (Phi) is 4.15. The molecule has 0 aliphatic heterocycles. The molecule has 2 aliphatic carbocycles. The lowest BCUT2D eigenvalue weighted by molar-refractivity contribution is -0.116. The molecule has 0 saturated carbocycles. The summed E-state index contributed by atoms with van der Waals surface area (Å²) in [5, 5.41) is 0. The zero-order chi connectivity index (χ0) is 16.4. The number of carbonyl (C=O) groups excluding carboxylic acids is 2. The second-order valence-corrected chi connectivity index (χ2v) is 5.79. The van der Waals surface area contributed by atoms with Crippen molar-refractivity contribution in [2.45, 2.75) is 13.0 Å². The molecule has 0 saturated heterocycles. The monoisotopic (exact) mass is 309 g/mol. The quantitative estimate of drug-likeness (QED) is 0.855. The van der Waals surface area contributed by atoms with Crippen LogP contribution in [0.3, 0.4) is 0 Å². The predicted octanol–water partition coefficient (Wildman–Crippen LogP) is 3.47. The molecule has 0 heterocycles. The normalized spacial score (nSPS) is 21.8. The first-order chi connectivity index (χ1) is 11.1. The van der Waals surface area contributed by atoms with Gasteiger partial charge in [0.25, 0.3) is 0 Å². The first kappa shape index (κ1) is 15.3. The SMILES string of the molecule is C=C(C1=CC[C@H]2C=CC(=O)[C@@H]12)N(Cc1ccccc1)C(=O)OC. The Balaban J connectivity index is 1.84. The van der Waals surface area contributed by atoms with E-state index in [4.69, 9.17) is 4.74 Å². The van der Waals surface area contributed by atoms with Crippen LogP contribution in [0.4, 0.5) is 4.79 Å². The van der Waals surface area contributed by atoms with E-state index in [1.165, 1.54) is 12.0 Å². The van der Waals surface area contributed by atoms with Crippen LogP contribution in [-0.2, 0) is 16.1 Å². The molecule has 0 radical (unpaired) electrons. The lowest BCUT2D eigenvalue weighted by Crippen LogP contribution is -2.32. The lowest BCUT2D eigenvalue weighted by atomic mass is 9.91. The van der Waals surface area contributed by atoms with Crippen molar-refractivity contribution in [3.8, 4) is 0 Å². The first-order valence-corrected chi connectivity index (χ1v) is 7.62. The fourth-order valence-electron chi connectivity index (χ4n) is 3.23. The number of hydrogen-bond acceptors (Lipinski definition) is 3. The fourth-order valence-corrected chi connectivity index (χ4v) is 3.23. The Labute approximate surface area is 135 Å². The number of fused-ring (bicyclic) bond motifs is 1. The molecule has 2 atom stereocenters. The number of amides is 1. The van der Waals surface area contributed by atoms with E-state index in [1.807, 2.05) is 42.5 Å². The largest absolute Gasteiger partial charge is 0.452 e. The number of nitrogens with zero attached hydrogens (tertiary/aromatic N) is 1. The van der Waals surface area contributed by atoms with E-state index in [1.54, 1.807) is 6.08 Å². The standard InChI is InChI=1S/C19H19NO3/c1-13(16-10-8-15-9-11-17(21)18(15)16)20(19(22)23-2)12-14-6-4-3-5-7-14/h3-7,9-11,15,18H,1,8,12H2,2H3/t15-,18+/m0/s1. The van der Waals surface area contributed by atoms with Gasteiger partial charge in [-0.2, -0.15) is 0 Å². The summed E-state index contributed by atoms with van der Waals surface area (Å²) < 4.78 is 4.90. The van der Waals surface area contributed by atoms with E-state index in [0.29, 0.717) is 12.2 Å². The molecule has 118 valence electrons. The maximum absolute atomic E-state index is 12.2. The van der Waals surface area contributed by atoms with Crippen LogP contribution in [0.15, 0.2) is 66.4 Å². The number of ether oxygens (including phenoxy) is 1. The molecule has 3 rings (SSSR count). The molecule has 1 aromatic carbocycles. The summed E-state index contributed by atoms with van der Waals surface area (Å²) in [6.07, 6.45) is 5.93. The molecule has 0 fully saturated rings. The topological polar surface area (TPSA) is 46.6 Å². The van der Waals surface area contributed by atoms with E-state index in [-0.39, 0.29) is 17.6 Å². The van der Waals surface area contributed by atoms with E-state index in [0.717, 1.165) is 17.6 Å². The van der Waals surface area contributed by atoms with Gasteiger partial charge in [0.05, 0.1) is 19.6 Å². The van der Waals surface area contributed by atoms with Crippen molar-refractivity contribution in [3.63, 3.8) is 0 Å². The number of rotatable bonds is 4. The Bertz CT molecular complexity index is 703. The van der Waals surface area contributed by atoms with E-state index < -0.39 is 6.09 Å². The maximum Gasteiger partial charge on any atom is 0.414 e. The highest BCUT2D eigenvalue weighted by Crippen LogP contribution is 2.41. The number of carbonyl (C=O) groups is 2. The van der Waals surface area contributed by atoms with Crippen LogP contribution >= 0.6 is 0 Å². The van der Waals surface area contributed by atoms with E-state index in [9.17, 15) is 9.59 Å². The molecule has 2 aliphatic rings. The van der Waals surface area contributed by atoms with Gasteiger partial charge in [-0.3, -0.25) is 9.69 Å². The minimum atomic E-state index is -0.471. The average molecular weight is 309 g/mol. The smallest absolute Gasteiger partial charge is 0.414 e. The molecule has 1 amide bonds. The molecule has 0 unspecified atom stereocenters. The first-order valence-electron chi connectivity index (χ1n) is 7.62. The van der Waals surface area contributed by atoms with E-state index in [2.05, 4.69) is 6.58 Å². The van der Waals surface area contributed by atoms with Gasteiger partial charge in [-0.25, -0.2) is 4.79 Å². The third kappa shape index (κ3) is 2.84. The van der Waals surface area contributed by atoms with Crippen molar-refractivity contribution in [1.82, 2.24) is 4.90 Å². The molecular weight excluding hydrogens is 290 g/mol. The number of hydrogen-bond donors (Lipinski definition) is 0. The van der Waals surface area contributed by atoms with Crippen molar-refractivity contribution < 1.29 is 14.3 Å². The summed E-state index contributed by atoms with van der Waals surface area (Å²) in [5.41, 5.74) is 2.36. The van der Waals surface area contributed by atoms with Crippen molar-refractivity contribution in [1.29, 1.82) is 0 Å². The van der Waals surface area contributed by atoms with Gasteiger partial charge in [0.1, 0.15) is 0 Å². The van der Waals surface area contributed by atoms with Gasteiger partial charge in [0.15, 0.2) is 5.78 Å².